The Morgan fingerprint density at radius 2 is 1.80 bits per heavy atom. The first kappa shape index (κ1) is 10.8. The maximum absolute atomic E-state index is 10.9. The zero-order valence-corrected chi connectivity index (χ0v) is 8.33. The van der Waals surface area contributed by atoms with E-state index < -0.39 is 12.0 Å². The SMILES string of the molecule is O=C(O)[C@H](CO)N(CC1CO1)CC1CO1. The van der Waals surface area contributed by atoms with Gasteiger partial charge in [-0.2, -0.15) is 0 Å². The monoisotopic (exact) mass is 217 g/mol. The van der Waals surface area contributed by atoms with Crippen LogP contribution in [0.5, 0.6) is 0 Å². The largest absolute Gasteiger partial charge is 0.480 e. The summed E-state index contributed by atoms with van der Waals surface area (Å²) < 4.78 is 10.1. The minimum absolute atomic E-state index is 0.122. The van der Waals surface area contributed by atoms with Gasteiger partial charge in [-0.15, -0.1) is 0 Å². The fourth-order valence-electron chi connectivity index (χ4n) is 1.55. The maximum atomic E-state index is 10.9. The minimum Gasteiger partial charge on any atom is -0.480 e. The molecular formula is C9H15NO5. The van der Waals surface area contributed by atoms with Gasteiger partial charge in [0.05, 0.1) is 32.0 Å². The van der Waals surface area contributed by atoms with Crippen molar-refractivity contribution in [3.05, 3.63) is 0 Å². The van der Waals surface area contributed by atoms with Gasteiger partial charge < -0.3 is 19.7 Å². The molecule has 2 aliphatic heterocycles. The number of rotatable bonds is 7. The average molecular weight is 217 g/mol. The van der Waals surface area contributed by atoms with Gasteiger partial charge in [0.2, 0.25) is 0 Å². The fraction of sp³-hybridized carbons (Fsp3) is 0.889. The van der Waals surface area contributed by atoms with Gasteiger partial charge in [-0.05, 0) is 0 Å². The Morgan fingerprint density at radius 1 is 1.33 bits per heavy atom. The van der Waals surface area contributed by atoms with Crippen molar-refractivity contribution in [2.24, 2.45) is 0 Å². The molecule has 2 heterocycles. The van der Waals surface area contributed by atoms with Gasteiger partial charge in [0.15, 0.2) is 0 Å². The van der Waals surface area contributed by atoms with Crippen LogP contribution in [0.1, 0.15) is 0 Å². The molecule has 6 heteroatoms. The fourth-order valence-corrected chi connectivity index (χ4v) is 1.55. The highest BCUT2D eigenvalue weighted by molar-refractivity contribution is 5.73. The number of carboxylic acid groups (broad SMARTS) is 1. The first-order valence-electron chi connectivity index (χ1n) is 5.01. The second-order valence-corrected chi connectivity index (χ2v) is 3.90. The van der Waals surface area contributed by atoms with Gasteiger partial charge in [-0.3, -0.25) is 9.69 Å². The molecule has 0 saturated carbocycles. The molecule has 0 bridgehead atoms. The second-order valence-electron chi connectivity index (χ2n) is 3.90. The van der Waals surface area contributed by atoms with Crippen LogP contribution in [0.4, 0.5) is 0 Å². The van der Waals surface area contributed by atoms with E-state index in [1.165, 1.54) is 0 Å². The van der Waals surface area contributed by atoms with Crippen molar-refractivity contribution in [3.8, 4) is 0 Å². The quantitative estimate of drug-likeness (QED) is 0.506. The molecule has 0 spiro atoms. The Morgan fingerprint density at radius 3 is 2.07 bits per heavy atom. The number of carbonyl (C=O) groups is 1. The molecule has 2 N–H and O–H groups in total. The number of hydrogen-bond donors (Lipinski definition) is 2. The number of aliphatic hydroxyl groups excluding tert-OH is 1. The molecule has 0 aliphatic carbocycles. The summed E-state index contributed by atoms with van der Waals surface area (Å²) >= 11 is 0. The molecule has 6 nitrogen and oxygen atoms in total. The van der Waals surface area contributed by atoms with Gasteiger partial charge >= 0.3 is 5.97 Å². The molecule has 0 aromatic heterocycles. The van der Waals surface area contributed by atoms with Crippen LogP contribution in [-0.2, 0) is 14.3 Å². The van der Waals surface area contributed by atoms with E-state index >= 15 is 0 Å². The predicted molar refractivity (Wildman–Crippen MR) is 49.6 cm³/mol. The number of ether oxygens (including phenoxy) is 2. The number of epoxide rings is 2. The standard InChI is InChI=1S/C9H15NO5/c11-3-8(9(12)13)10(1-6-4-14-6)2-7-5-15-7/h6-8,11H,1-5H2,(H,12,13)/t6?,7?,8-/m0/s1. The van der Waals surface area contributed by atoms with Crippen molar-refractivity contribution in [2.45, 2.75) is 18.2 Å². The van der Waals surface area contributed by atoms with Crippen molar-refractivity contribution in [1.82, 2.24) is 4.90 Å². The van der Waals surface area contributed by atoms with Crippen LogP contribution in [0.2, 0.25) is 0 Å². The molecule has 2 aliphatic rings. The minimum atomic E-state index is -1.00. The summed E-state index contributed by atoms with van der Waals surface area (Å²) in [4.78, 5) is 12.6. The normalized spacial score (nSPS) is 30.3. The van der Waals surface area contributed by atoms with Crippen LogP contribution in [0.3, 0.4) is 0 Å². The zero-order valence-electron chi connectivity index (χ0n) is 8.33. The van der Waals surface area contributed by atoms with E-state index in [0.717, 1.165) is 0 Å². The molecule has 2 rings (SSSR count). The third-order valence-electron chi connectivity index (χ3n) is 2.58. The lowest BCUT2D eigenvalue weighted by molar-refractivity contribution is -0.145. The van der Waals surface area contributed by atoms with Crippen molar-refractivity contribution >= 4 is 5.97 Å². The van der Waals surface area contributed by atoms with Crippen LogP contribution >= 0.6 is 0 Å². The van der Waals surface area contributed by atoms with E-state index in [9.17, 15) is 4.79 Å². The topological polar surface area (TPSA) is 85.8 Å². The lowest BCUT2D eigenvalue weighted by Gasteiger charge is -2.25. The first-order valence-corrected chi connectivity index (χ1v) is 5.01. The predicted octanol–water partition coefficient (Wildman–Crippen LogP) is -1.47. The lowest BCUT2D eigenvalue weighted by atomic mass is 10.2. The highest BCUT2D eigenvalue weighted by Crippen LogP contribution is 2.17. The molecule has 3 atom stereocenters. The van der Waals surface area contributed by atoms with Crippen molar-refractivity contribution in [2.75, 3.05) is 32.9 Å². The Balaban J connectivity index is 1.90. The number of nitrogens with zero attached hydrogens (tertiary/aromatic N) is 1. The second kappa shape index (κ2) is 4.44. The Hall–Kier alpha value is -0.690. The summed E-state index contributed by atoms with van der Waals surface area (Å²) in [6.07, 6.45) is 0.245. The van der Waals surface area contributed by atoms with E-state index in [-0.39, 0.29) is 18.8 Å². The average Bonchev–Trinajstić information content (AvgIpc) is 2.98. The van der Waals surface area contributed by atoms with Gasteiger partial charge in [-0.1, -0.05) is 0 Å². The van der Waals surface area contributed by atoms with E-state index in [2.05, 4.69) is 0 Å². The van der Waals surface area contributed by atoms with Gasteiger partial charge in [0, 0.05) is 13.1 Å². The highest BCUT2D eigenvalue weighted by atomic mass is 16.6. The number of carboxylic acids is 1. The van der Waals surface area contributed by atoms with Crippen LogP contribution in [0, 0.1) is 0 Å². The Bertz CT molecular complexity index is 225. The molecule has 15 heavy (non-hydrogen) atoms. The van der Waals surface area contributed by atoms with Crippen molar-refractivity contribution < 1.29 is 24.5 Å². The maximum Gasteiger partial charge on any atom is 0.323 e. The molecule has 0 aromatic rings. The summed E-state index contributed by atoms with van der Waals surface area (Å²) in [6, 6.07) is -0.849. The van der Waals surface area contributed by atoms with E-state index in [4.69, 9.17) is 19.7 Å². The lowest BCUT2D eigenvalue weighted by Crippen LogP contribution is -2.47. The molecule has 2 fully saturated rings. The van der Waals surface area contributed by atoms with Crippen molar-refractivity contribution in [3.63, 3.8) is 0 Å². The van der Waals surface area contributed by atoms with E-state index in [1.807, 2.05) is 0 Å². The Kier molecular flexibility index (Phi) is 3.20. The van der Waals surface area contributed by atoms with E-state index in [1.54, 1.807) is 4.90 Å². The van der Waals surface area contributed by atoms with Crippen LogP contribution in [0.25, 0.3) is 0 Å². The molecule has 2 saturated heterocycles. The molecule has 0 radical (unpaired) electrons. The molecule has 0 aromatic carbocycles. The third kappa shape index (κ3) is 3.13. The summed E-state index contributed by atoms with van der Waals surface area (Å²) in [5, 5.41) is 18.0. The summed E-state index contributed by atoms with van der Waals surface area (Å²) in [5.74, 6) is -1.00. The van der Waals surface area contributed by atoms with Crippen molar-refractivity contribution in [1.29, 1.82) is 0 Å². The van der Waals surface area contributed by atoms with Gasteiger partial charge in [0.25, 0.3) is 0 Å². The highest BCUT2D eigenvalue weighted by Gasteiger charge is 2.36. The zero-order chi connectivity index (χ0) is 10.8. The first-order chi connectivity index (χ1) is 7.20. The van der Waals surface area contributed by atoms with Gasteiger partial charge in [0.1, 0.15) is 6.04 Å². The molecule has 0 amide bonds. The number of hydrogen-bond acceptors (Lipinski definition) is 5. The number of aliphatic hydroxyl groups is 1. The van der Waals surface area contributed by atoms with Crippen LogP contribution in [-0.4, -0.2) is 72.2 Å². The molecular weight excluding hydrogens is 202 g/mol. The van der Waals surface area contributed by atoms with Gasteiger partial charge in [-0.25, -0.2) is 0 Å². The molecule has 86 valence electrons. The smallest absolute Gasteiger partial charge is 0.323 e. The van der Waals surface area contributed by atoms with Crippen LogP contribution < -0.4 is 0 Å². The molecule has 2 unspecified atom stereocenters. The van der Waals surface area contributed by atoms with E-state index in [0.29, 0.717) is 26.3 Å². The summed E-state index contributed by atoms with van der Waals surface area (Å²) in [5.41, 5.74) is 0. The summed E-state index contributed by atoms with van der Waals surface area (Å²) in [6.45, 7) is 2.09. The van der Waals surface area contributed by atoms with Crippen LogP contribution in [0.15, 0.2) is 0 Å². The number of aliphatic carboxylic acids is 1. The summed E-state index contributed by atoms with van der Waals surface area (Å²) in [7, 11) is 0. The Labute approximate surface area is 87.4 Å². The third-order valence-corrected chi connectivity index (χ3v) is 2.58.